The van der Waals surface area contributed by atoms with Gasteiger partial charge in [-0.2, -0.15) is 0 Å². The van der Waals surface area contributed by atoms with E-state index in [9.17, 15) is 0 Å². The van der Waals surface area contributed by atoms with Gasteiger partial charge >= 0.3 is 0 Å². The molecule has 121 heavy (non-hydrogen) atoms. The van der Waals surface area contributed by atoms with E-state index in [-0.39, 0.29) is 65.0 Å². The molecule has 5 aromatic carbocycles. The Kier molecular flexibility index (Phi) is 30.4. The maximum absolute atomic E-state index is 4.65. The summed E-state index contributed by atoms with van der Waals surface area (Å²) in [6, 6.07) is 39.3. The molecule has 0 radical (unpaired) electrons. The summed E-state index contributed by atoms with van der Waals surface area (Å²) in [6.45, 7) is 87.1. The van der Waals surface area contributed by atoms with Crippen LogP contribution in [0.25, 0.3) is 66.6 Å². The van der Waals surface area contributed by atoms with E-state index < -0.39 is 0 Å². The SMILES string of the molecule is CC(C)(C)C#Cc1cnc(C(C)(C)C)[nH]1.CC(C)(C)c1ccc(-c2cnc(C(C)(C)C)[nH]2)cc1.CC(C)(C)c1ccc(-c2cnc(C(C)(C)C)[nH]2)cn1.CC(C)(C)c1ccc2nc(C(C)(C)C)[nH]c2c1.CC(C)(C)c1cnc(C(C)(C)C)[nH]1.CC(C)c1ccc2nc(C(C)(C)C)[nH]c2c1.CC(C)c1ncc(-c2ccc3cc(C(C)(C)C)ccc3c2)[nH]1. The molecule has 7 N–H and O–H groups in total. The molecule has 15 nitrogen and oxygen atoms in total. The molecule has 0 spiro atoms. The van der Waals surface area contributed by atoms with Crippen molar-refractivity contribution in [3.63, 3.8) is 0 Å². The molecule has 0 atom stereocenters. The van der Waals surface area contributed by atoms with E-state index in [2.05, 4.69) is 473 Å². The first-order valence-electron chi connectivity index (χ1n) is 43.6. The number of nitrogens with zero attached hydrogens (tertiary/aromatic N) is 8. The minimum atomic E-state index is 0.0347. The zero-order chi connectivity index (χ0) is 91.2. The van der Waals surface area contributed by atoms with E-state index in [0.29, 0.717) is 11.8 Å². The topological polar surface area (TPSA) is 214 Å². The standard InChI is InChI=1S/C20H24N2.C17H24N2.C16H23N3.C15H22N2.C14H20N2.C13H20N2.C11H20N2/c1-13(2)19-21-12-18(22-19)16-7-6-15-11-17(20(3,4)5)9-8-14(15)10-16;1-16(2,3)13-9-7-12(8-10-13)14-11-18-15(19-14)17(4,5)6;1-15(2,3)13-8-7-11(9-17-13)12-10-18-14(19-12)16(4,5)6;1-14(2,3)10-7-8-11-12(9-10)17-13(16-11)15(4,5)6;1-9(2)10-6-7-11-12(8-10)16-13(15-11)14(3,4)5;1-12(2,3)8-7-10-9-14-11(15-10)13(4,5)6;1-10(2,3)8-7-12-9(13-8)11(4,5)6/h6-13H,1-5H3,(H,21,22);7-11H,1-6H3,(H,18,19);7-10H,1-6H3,(H,18,19);7-9H,1-6H3,(H,16,17);6-9H,1-5H3,(H,15,16);9H,1-6H3,(H,14,15);7H,1-6H3,(H,12,13). The third-order valence-electron chi connectivity index (χ3n) is 20.5. The molecule has 13 rings (SSSR count). The molecule has 15 heteroatoms. The first-order valence-corrected chi connectivity index (χ1v) is 43.6. The highest BCUT2D eigenvalue weighted by atomic mass is 15.0. The van der Waals surface area contributed by atoms with Crippen molar-refractivity contribution in [3.05, 3.63) is 226 Å². The number of aromatic amines is 7. The van der Waals surface area contributed by atoms with Gasteiger partial charge in [-0.25, -0.2) is 34.9 Å². The first kappa shape index (κ1) is 98.2. The highest BCUT2D eigenvalue weighted by Crippen LogP contribution is 2.35. The number of aromatic nitrogens is 15. The number of imidazole rings is 7. The quantitative estimate of drug-likeness (QED) is 0.0822. The van der Waals surface area contributed by atoms with Gasteiger partial charge in [0, 0.05) is 89.6 Å². The van der Waals surface area contributed by atoms with Crippen molar-refractivity contribution in [1.82, 2.24) is 74.8 Å². The summed E-state index contributed by atoms with van der Waals surface area (Å²) in [7, 11) is 0. The molecule has 8 heterocycles. The molecule has 0 amide bonds. The van der Waals surface area contributed by atoms with Crippen LogP contribution in [0.5, 0.6) is 0 Å². The van der Waals surface area contributed by atoms with Gasteiger partial charge in [-0.15, -0.1) is 0 Å². The maximum atomic E-state index is 4.65. The lowest BCUT2D eigenvalue weighted by Crippen LogP contribution is -2.15. The number of hydrogen-bond donors (Lipinski definition) is 7. The van der Waals surface area contributed by atoms with Gasteiger partial charge < -0.3 is 34.9 Å². The monoisotopic (exact) mass is 1640 g/mol. The van der Waals surface area contributed by atoms with Crippen LogP contribution in [0.1, 0.15) is 369 Å². The second-order valence-electron chi connectivity index (χ2n) is 45.8. The molecule has 0 saturated heterocycles. The minimum Gasteiger partial charge on any atom is -0.345 e. The molecule has 0 fully saturated rings. The molecular formula is C106H153N15. The highest BCUT2D eigenvalue weighted by molar-refractivity contribution is 5.87. The molecule has 0 saturated carbocycles. The van der Waals surface area contributed by atoms with Crippen molar-refractivity contribution < 1.29 is 0 Å². The summed E-state index contributed by atoms with van der Waals surface area (Å²) in [5.74, 6) is 14.5. The summed E-state index contributed by atoms with van der Waals surface area (Å²) < 4.78 is 0. The van der Waals surface area contributed by atoms with Crippen molar-refractivity contribution in [2.45, 2.75) is 348 Å². The van der Waals surface area contributed by atoms with Gasteiger partial charge in [0.2, 0.25) is 0 Å². The fourth-order valence-corrected chi connectivity index (χ4v) is 12.2. The normalized spacial score (nSPS) is 12.7. The number of fused-ring (bicyclic) bond motifs is 3. The minimum absolute atomic E-state index is 0.0347. The Morgan fingerprint density at radius 2 is 0.669 bits per heavy atom. The molecular weight excluding hydrogens is 1480 g/mol. The van der Waals surface area contributed by atoms with E-state index in [4.69, 9.17) is 0 Å². The molecule has 13 aromatic rings. The average molecular weight is 1640 g/mol. The third kappa shape index (κ3) is 28.9. The van der Waals surface area contributed by atoms with E-state index in [1.54, 1.807) is 6.20 Å². The summed E-state index contributed by atoms with van der Waals surface area (Å²) in [6.07, 6.45) is 11.4. The summed E-state index contributed by atoms with van der Waals surface area (Å²) in [5.41, 5.74) is 21.0. The smallest absolute Gasteiger partial charge is 0.112 e. The van der Waals surface area contributed by atoms with Crippen molar-refractivity contribution in [3.8, 4) is 45.6 Å². The Morgan fingerprint density at radius 1 is 0.273 bits per heavy atom. The maximum Gasteiger partial charge on any atom is 0.112 e. The molecule has 0 aliphatic heterocycles. The second kappa shape index (κ2) is 37.4. The zero-order valence-electron chi connectivity index (χ0n) is 82.1. The van der Waals surface area contributed by atoms with Crippen molar-refractivity contribution in [2.75, 3.05) is 0 Å². The van der Waals surface area contributed by atoms with E-state index in [1.165, 1.54) is 49.8 Å². The number of H-pyrrole nitrogens is 7. The Bertz CT molecular complexity index is 5380. The van der Waals surface area contributed by atoms with Crippen LogP contribution in [0, 0.1) is 17.3 Å². The van der Waals surface area contributed by atoms with E-state index in [1.807, 2.05) is 31.0 Å². The molecule has 652 valence electrons. The Balaban J connectivity index is 0.000000195. The van der Waals surface area contributed by atoms with Gasteiger partial charge in [-0.05, 0) is 130 Å². The Labute approximate surface area is 729 Å². The largest absolute Gasteiger partial charge is 0.345 e. The Hall–Kier alpha value is -9.94. The van der Waals surface area contributed by atoms with Crippen molar-refractivity contribution >= 4 is 32.8 Å². The van der Waals surface area contributed by atoms with Crippen LogP contribution < -0.4 is 0 Å². The molecule has 0 aliphatic rings. The number of benzene rings is 5. The van der Waals surface area contributed by atoms with Crippen molar-refractivity contribution in [2.24, 2.45) is 5.41 Å². The average Bonchev–Trinajstić information content (AvgIpc) is 1.74. The molecule has 0 unspecified atom stereocenters. The van der Waals surface area contributed by atoms with Crippen LogP contribution in [0.15, 0.2) is 146 Å². The fourth-order valence-electron chi connectivity index (χ4n) is 12.2. The van der Waals surface area contributed by atoms with Gasteiger partial charge in [0.15, 0.2) is 0 Å². The Morgan fingerprint density at radius 3 is 1.08 bits per heavy atom. The van der Waals surface area contributed by atoms with Crippen LogP contribution in [-0.4, -0.2) is 74.8 Å². The fraction of sp³-hybridized carbons (Fsp3) is 0.509. The van der Waals surface area contributed by atoms with E-state index in [0.717, 1.165) is 96.9 Å². The lowest BCUT2D eigenvalue weighted by Gasteiger charge is -2.19. The third-order valence-corrected chi connectivity index (χ3v) is 20.5. The van der Waals surface area contributed by atoms with Gasteiger partial charge in [-0.1, -0.05) is 329 Å². The summed E-state index contributed by atoms with van der Waals surface area (Å²) in [4.78, 5) is 59.6. The van der Waals surface area contributed by atoms with Crippen LogP contribution >= 0.6 is 0 Å². The molecule has 0 bridgehead atoms. The predicted molar refractivity (Wildman–Crippen MR) is 517 cm³/mol. The van der Waals surface area contributed by atoms with E-state index >= 15 is 0 Å². The predicted octanol–water partition coefficient (Wildman–Crippen LogP) is 28.6. The van der Waals surface area contributed by atoms with Gasteiger partial charge in [-0.3, -0.25) is 4.98 Å². The first-order chi connectivity index (χ1) is 55.1. The summed E-state index contributed by atoms with van der Waals surface area (Å²) in [5, 5.41) is 2.56. The summed E-state index contributed by atoms with van der Waals surface area (Å²) >= 11 is 0. The van der Waals surface area contributed by atoms with Crippen LogP contribution in [0.3, 0.4) is 0 Å². The van der Waals surface area contributed by atoms with Gasteiger partial charge in [0.25, 0.3) is 0 Å². The number of hydrogen-bond acceptors (Lipinski definition) is 8. The number of nitrogens with one attached hydrogen (secondary N) is 7. The lowest BCUT2D eigenvalue weighted by atomic mass is 9.86. The second-order valence-corrected chi connectivity index (χ2v) is 45.8. The van der Waals surface area contributed by atoms with Crippen molar-refractivity contribution in [1.29, 1.82) is 0 Å². The molecule has 8 aromatic heterocycles. The number of pyridine rings is 1. The zero-order valence-corrected chi connectivity index (χ0v) is 82.1. The highest BCUT2D eigenvalue weighted by Gasteiger charge is 2.27. The van der Waals surface area contributed by atoms with Crippen LogP contribution in [-0.2, 0) is 59.6 Å². The van der Waals surface area contributed by atoms with Gasteiger partial charge in [0.1, 0.15) is 46.5 Å². The number of rotatable bonds is 5. The van der Waals surface area contributed by atoms with Crippen LogP contribution in [0.2, 0.25) is 0 Å². The lowest BCUT2D eigenvalue weighted by molar-refractivity contribution is 0.535. The van der Waals surface area contributed by atoms with Crippen LogP contribution in [0.4, 0.5) is 0 Å². The molecule has 0 aliphatic carbocycles. The van der Waals surface area contributed by atoms with Gasteiger partial charge in [0.05, 0.1) is 63.9 Å².